The summed E-state index contributed by atoms with van der Waals surface area (Å²) in [7, 11) is 0. The number of aryl methyl sites for hydroxylation is 1. The standard InChI is InChI=1S/C19H21NO2S/c21-19(22)20-12-16-8-4-7-15-11-17(9-10-18(15)16)23-13-14-5-2-1-3-6-14/h1-3,5-6,9-11,16,20H,4,7-8,12-13H2,(H,21,22)/t16-/m0/s1. The molecule has 1 aliphatic carbocycles. The van der Waals surface area contributed by atoms with Crippen molar-refractivity contribution >= 4 is 17.9 Å². The summed E-state index contributed by atoms with van der Waals surface area (Å²) in [5, 5.41) is 11.3. The van der Waals surface area contributed by atoms with Gasteiger partial charge in [0, 0.05) is 23.1 Å². The average molecular weight is 327 g/mol. The molecule has 0 aromatic heterocycles. The van der Waals surface area contributed by atoms with Crippen molar-refractivity contribution in [2.75, 3.05) is 6.54 Å². The Morgan fingerprint density at radius 1 is 1.22 bits per heavy atom. The van der Waals surface area contributed by atoms with Crippen LogP contribution in [0.25, 0.3) is 0 Å². The first-order valence-corrected chi connectivity index (χ1v) is 8.97. The van der Waals surface area contributed by atoms with E-state index in [4.69, 9.17) is 5.11 Å². The zero-order valence-electron chi connectivity index (χ0n) is 13.0. The van der Waals surface area contributed by atoms with Gasteiger partial charge >= 0.3 is 6.09 Å². The van der Waals surface area contributed by atoms with E-state index in [2.05, 4.69) is 47.8 Å². The molecule has 2 N–H and O–H groups in total. The number of hydrogen-bond donors (Lipinski definition) is 2. The van der Waals surface area contributed by atoms with Crippen LogP contribution in [0.4, 0.5) is 4.79 Å². The van der Waals surface area contributed by atoms with Gasteiger partial charge in [-0.2, -0.15) is 0 Å². The van der Waals surface area contributed by atoms with E-state index in [1.54, 1.807) is 0 Å². The van der Waals surface area contributed by atoms with Crippen molar-refractivity contribution in [1.29, 1.82) is 0 Å². The van der Waals surface area contributed by atoms with E-state index >= 15 is 0 Å². The van der Waals surface area contributed by atoms with Gasteiger partial charge in [0.25, 0.3) is 0 Å². The van der Waals surface area contributed by atoms with Gasteiger partial charge < -0.3 is 10.4 Å². The van der Waals surface area contributed by atoms with Gasteiger partial charge in [-0.05, 0) is 48.1 Å². The fraction of sp³-hybridized carbons (Fsp3) is 0.316. The van der Waals surface area contributed by atoms with Gasteiger partial charge in [-0.25, -0.2) is 4.79 Å². The minimum atomic E-state index is -0.938. The molecular formula is C19H21NO2S. The molecule has 2 aromatic carbocycles. The van der Waals surface area contributed by atoms with Gasteiger partial charge in [0.15, 0.2) is 0 Å². The fourth-order valence-corrected chi connectivity index (χ4v) is 4.06. The van der Waals surface area contributed by atoms with Crippen LogP contribution in [0.1, 0.15) is 35.4 Å². The zero-order chi connectivity index (χ0) is 16.1. The van der Waals surface area contributed by atoms with E-state index in [1.165, 1.54) is 21.6 Å². The summed E-state index contributed by atoms with van der Waals surface area (Å²) in [4.78, 5) is 12.0. The number of rotatable bonds is 5. The highest BCUT2D eigenvalue weighted by Gasteiger charge is 2.20. The highest BCUT2D eigenvalue weighted by Crippen LogP contribution is 2.34. The van der Waals surface area contributed by atoms with Crippen LogP contribution in [-0.2, 0) is 12.2 Å². The van der Waals surface area contributed by atoms with Gasteiger partial charge in [0.1, 0.15) is 0 Å². The quantitative estimate of drug-likeness (QED) is 0.785. The second-order valence-electron chi connectivity index (χ2n) is 5.91. The number of carbonyl (C=O) groups is 1. The van der Waals surface area contributed by atoms with Gasteiger partial charge in [0.2, 0.25) is 0 Å². The Balaban J connectivity index is 1.67. The second-order valence-corrected chi connectivity index (χ2v) is 6.96. The normalized spacial score (nSPS) is 16.6. The number of hydrogen-bond acceptors (Lipinski definition) is 2. The number of carboxylic acid groups (broad SMARTS) is 1. The summed E-state index contributed by atoms with van der Waals surface area (Å²) in [6.45, 7) is 0.513. The number of fused-ring (bicyclic) bond motifs is 1. The smallest absolute Gasteiger partial charge is 0.404 e. The van der Waals surface area contributed by atoms with Crippen molar-refractivity contribution in [3.63, 3.8) is 0 Å². The van der Waals surface area contributed by atoms with Crippen molar-refractivity contribution in [2.24, 2.45) is 0 Å². The summed E-state index contributed by atoms with van der Waals surface area (Å²) in [6.07, 6.45) is 2.35. The van der Waals surface area contributed by atoms with Crippen LogP contribution in [0.15, 0.2) is 53.4 Å². The molecule has 3 rings (SSSR count). The largest absolute Gasteiger partial charge is 0.465 e. The van der Waals surface area contributed by atoms with Crippen molar-refractivity contribution in [3.8, 4) is 0 Å². The molecule has 0 aliphatic heterocycles. The molecule has 0 saturated heterocycles. The molecule has 0 fully saturated rings. The summed E-state index contributed by atoms with van der Waals surface area (Å²) < 4.78 is 0. The lowest BCUT2D eigenvalue weighted by Crippen LogP contribution is -2.28. The molecule has 4 heteroatoms. The van der Waals surface area contributed by atoms with Crippen molar-refractivity contribution in [3.05, 3.63) is 65.2 Å². The zero-order valence-corrected chi connectivity index (χ0v) is 13.8. The molecule has 0 heterocycles. The Morgan fingerprint density at radius 3 is 2.83 bits per heavy atom. The predicted octanol–water partition coefficient (Wildman–Crippen LogP) is 4.67. The molecule has 0 radical (unpaired) electrons. The van der Waals surface area contributed by atoms with Gasteiger partial charge in [0.05, 0.1) is 0 Å². The van der Waals surface area contributed by atoms with Crippen LogP contribution < -0.4 is 5.32 Å². The van der Waals surface area contributed by atoms with Crippen molar-refractivity contribution < 1.29 is 9.90 Å². The van der Waals surface area contributed by atoms with E-state index in [9.17, 15) is 4.79 Å². The summed E-state index contributed by atoms with van der Waals surface area (Å²) in [6, 6.07) is 17.1. The average Bonchev–Trinajstić information content (AvgIpc) is 2.58. The summed E-state index contributed by atoms with van der Waals surface area (Å²) >= 11 is 1.86. The maximum Gasteiger partial charge on any atom is 0.404 e. The molecule has 2 aromatic rings. The van der Waals surface area contributed by atoms with Gasteiger partial charge in [-0.15, -0.1) is 11.8 Å². The number of thioether (sulfide) groups is 1. The molecular weight excluding hydrogens is 306 g/mol. The lowest BCUT2D eigenvalue weighted by molar-refractivity contribution is 0.193. The topological polar surface area (TPSA) is 49.3 Å². The third kappa shape index (κ3) is 4.29. The lowest BCUT2D eigenvalue weighted by Gasteiger charge is -2.26. The fourth-order valence-electron chi connectivity index (χ4n) is 3.14. The molecule has 1 atom stereocenters. The third-order valence-electron chi connectivity index (χ3n) is 4.30. The number of nitrogens with one attached hydrogen (secondary N) is 1. The minimum absolute atomic E-state index is 0.308. The van der Waals surface area contributed by atoms with Crippen molar-refractivity contribution in [2.45, 2.75) is 35.8 Å². The first-order chi connectivity index (χ1) is 11.2. The van der Waals surface area contributed by atoms with Crippen molar-refractivity contribution in [1.82, 2.24) is 5.32 Å². The highest BCUT2D eigenvalue weighted by atomic mass is 32.2. The maximum atomic E-state index is 10.7. The second kappa shape index (κ2) is 7.55. The molecule has 0 saturated carbocycles. The Bertz CT molecular complexity index is 672. The van der Waals surface area contributed by atoms with Crippen LogP contribution in [0.3, 0.4) is 0 Å². The van der Waals surface area contributed by atoms with Crippen LogP contribution in [0, 0.1) is 0 Å². The minimum Gasteiger partial charge on any atom is -0.465 e. The summed E-state index contributed by atoms with van der Waals surface area (Å²) in [5.74, 6) is 1.28. The number of amides is 1. The van der Waals surface area contributed by atoms with Crippen LogP contribution in [-0.4, -0.2) is 17.7 Å². The Hall–Kier alpha value is -1.94. The monoisotopic (exact) mass is 327 g/mol. The SMILES string of the molecule is O=C(O)NC[C@@H]1CCCc2cc(SCc3ccccc3)ccc21. The van der Waals surface area contributed by atoms with E-state index in [-0.39, 0.29) is 0 Å². The Morgan fingerprint density at radius 2 is 2.04 bits per heavy atom. The van der Waals surface area contributed by atoms with Crippen LogP contribution in [0.5, 0.6) is 0 Å². The molecule has 120 valence electrons. The molecule has 0 spiro atoms. The molecule has 1 aliphatic rings. The van der Waals surface area contributed by atoms with E-state index < -0.39 is 6.09 Å². The van der Waals surface area contributed by atoms with Crippen LogP contribution in [0.2, 0.25) is 0 Å². The first-order valence-electron chi connectivity index (χ1n) is 7.99. The Kier molecular flexibility index (Phi) is 5.23. The Labute approximate surface area is 141 Å². The van der Waals surface area contributed by atoms with Gasteiger partial charge in [-0.3, -0.25) is 0 Å². The van der Waals surface area contributed by atoms with E-state index in [1.807, 2.05) is 17.8 Å². The van der Waals surface area contributed by atoms with E-state index in [0.29, 0.717) is 12.5 Å². The third-order valence-corrected chi connectivity index (χ3v) is 5.37. The lowest BCUT2D eigenvalue weighted by atomic mass is 9.83. The molecule has 0 unspecified atom stereocenters. The number of benzene rings is 2. The summed E-state index contributed by atoms with van der Waals surface area (Å²) in [5.41, 5.74) is 4.03. The van der Waals surface area contributed by atoms with Crippen LogP contribution >= 0.6 is 11.8 Å². The van der Waals surface area contributed by atoms with Gasteiger partial charge in [-0.1, -0.05) is 36.4 Å². The molecule has 1 amide bonds. The predicted molar refractivity (Wildman–Crippen MR) is 94.2 cm³/mol. The highest BCUT2D eigenvalue weighted by molar-refractivity contribution is 7.98. The molecule has 3 nitrogen and oxygen atoms in total. The van der Waals surface area contributed by atoms with E-state index in [0.717, 1.165) is 25.0 Å². The molecule has 23 heavy (non-hydrogen) atoms. The first kappa shape index (κ1) is 15.9. The maximum absolute atomic E-state index is 10.7. The molecule has 0 bridgehead atoms.